The van der Waals surface area contributed by atoms with Crippen LogP contribution in [0.25, 0.3) is 0 Å². The molecule has 1 heterocycles. The number of rotatable bonds is 3. The fraction of sp³-hybridized carbons (Fsp3) is 0.533. The van der Waals surface area contributed by atoms with Gasteiger partial charge in [-0.2, -0.15) is 0 Å². The number of nitrogens with two attached hydrogens (primary N) is 1. The molecule has 5 nitrogen and oxygen atoms in total. The van der Waals surface area contributed by atoms with Crippen molar-refractivity contribution < 1.29 is 9.53 Å². The van der Waals surface area contributed by atoms with E-state index in [-0.39, 0.29) is 12.5 Å². The predicted molar refractivity (Wildman–Crippen MR) is 79.9 cm³/mol. The van der Waals surface area contributed by atoms with E-state index in [1.165, 1.54) is 0 Å². The molecular formula is C15H23N3O2. The molecule has 0 bridgehead atoms. The summed E-state index contributed by atoms with van der Waals surface area (Å²) in [6, 6.07) is 3.77. The van der Waals surface area contributed by atoms with Crippen LogP contribution < -0.4 is 10.5 Å². The molecule has 0 atom stereocenters. The van der Waals surface area contributed by atoms with Crippen LogP contribution in [0.2, 0.25) is 0 Å². The third-order valence-electron chi connectivity index (χ3n) is 3.77. The Kier molecular flexibility index (Phi) is 4.49. The Balaban J connectivity index is 1.92. The maximum atomic E-state index is 12.1. The second-order valence-corrected chi connectivity index (χ2v) is 5.45. The van der Waals surface area contributed by atoms with Crippen LogP contribution in [0.4, 0.5) is 5.69 Å². The van der Waals surface area contributed by atoms with Crippen molar-refractivity contribution in [2.45, 2.75) is 13.8 Å². The van der Waals surface area contributed by atoms with Gasteiger partial charge in [0.1, 0.15) is 5.75 Å². The summed E-state index contributed by atoms with van der Waals surface area (Å²) in [4.78, 5) is 16.2. The molecule has 20 heavy (non-hydrogen) atoms. The monoisotopic (exact) mass is 277 g/mol. The third-order valence-corrected chi connectivity index (χ3v) is 3.77. The zero-order valence-electron chi connectivity index (χ0n) is 12.5. The largest absolute Gasteiger partial charge is 0.483 e. The molecular weight excluding hydrogens is 254 g/mol. The molecule has 1 aliphatic rings. The van der Waals surface area contributed by atoms with Crippen molar-refractivity contribution in [3.05, 3.63) is 23.3 Å². The van der Waals surface area contributed by atoms with E-state index in [9.17, 15) is 4.79 Å². The zero-order chi connectivity index (χ0) is 14.7. The number of nitrogens with zero attached hydrogens (tertiary/aromatic N) is 2. The lowest BCUT2D eigenvalue weighted by Crippen LogP contribution is -2.48. The first-order valence-electron chi connectivity index (χ1n) is 6.93. The molecule has 1 aromatic rings. The average Bonchev–Trinajstić information content (AvgIpc) is 2.42. The second kappa shape index (κ2) is 6.13. The van der Waals surface area contributed by atoms with Crippen LogP contribution in [0.3, 0.4) is 0 Å². The van der Waals surface area contributed by atoms with E-state index in [0.717, 1.165) is 48.7 Å². The van der Waals surface area contributed by atoms with Gasteiger partial charge in [-0.3, -0.25) is 4.79 Å². The first-order chi connectivity index (χ1) is 9.47. The van der Waals surface area contributed by atoms with Crippen molar-refractivity contribution in [1.82, 2.24) is 9.80 Å². The number of likely N-dealkylation sites (N-methyl/N-ethyl adjacent to an activating group) is 1. The molecule has 110 valence electrons. The molecule has 2 rings (SSSR count). The fourth-order valence-corrected chi connectivity index (χ4v) is 2.25. The number of carbonyl (C=O) groups excluding carboxylic acids is 1. The van der Waals surface area contributed by atoms with Crippen LogP contribution in [-0.2, 0) is 4.79 Å². The Labute approximate surface area is 120 Å². The van der Waals surface area contributed by atoms with Crippen LogP contribution in [0.5, 0.6) is 5.75 Å². The van der Waals surface area contributed by atoms with Crippen molar-refractivity contribution in [2.24, 2.45) is 0 Å². The summed E-state index contributed by atoms with van der Waals surface area (Å²) in [6.07, 6.45) is 0. The molecule has 0 aliphatic carbocycles. The van der Waals surface area contributed by atoms with Gasteiger partial charge in [-0.1, -0.05) is 0 Å². The summed E-state index contributed by atoms with van der Waals surface area (Å²) in [5.74, 6) is 0.783. The standard InChI is InChI=1S/C15H23N3O2/c1-11-9-14(12(2)8-13(11)16)20-10-15(19)18-6-4-17(3)5-7-18/h8-9H,4-7,10,16H2,1-3H3. The molecule has 0 saturated carbocycles. The number of aryl methyl sites for hydroxylation is 2. The topological polar surface area (TPSA) is 58.8 Å². The van der Waals surface area contributed by atoms with Gasteiger partial charge in [0.2, 0.25) is 0 Å². The van der Waals surface area contributed by atoms with Gasteiger partial charge in [-0.15, -0.1) is 0 Å². The van der Waals surface area contributed by atoms with E-state index >= 15 is 0 Å². The number of hydrogen-bond donors (Lipinski definition) is 1. The number of ether oxygens (including phenoxy) is 1. The molecule has 1 aromatic carbocycles. The van der Waals surface area contributed by atoms with Crippen molar-refractivity contribution in [1.29, 1.82) is 0 Å². The number of carbonyl (C=O) groups is 1. The fourth-order valence-electron chi connectivity index (χ4n) is 2.25. The van der Waals surface area contributed by atoms with Gasteiger partial charge >= 0.3 is 0 Å². The molecule has 0 aromatic heterocycles. The van der Waals surface area contributed by atoms with Crippen LogP contribution in [0.1, 0.15) is 11.1 Å². The van der Waals surface area contributed by atoms with Crippen LogP contribution in [-0.4, -0.2) is 55.5 Å². The van der Waals surface area contributed by atoms with Gasteiger partial charge in [0.05, 0.1) is 0 Å². The zero-order valence-corrected chi connectivity index (χ0v) is 12.5. The number of piperazine rings is 1. The lowest BCUT2D eigenvalue weighted by Gasteiger charge is -2.32. The molecule has 0 radical (unpaired) electrons. The highest BCUT2D eigenvalue weighted by atomic mass is 16.5. The van der Waals surface area contributed by atoms with E-state index < -0.39 is 0 Å². The predicted octanol–water partition coefficient (Wildman–Crippen LogP) is 1.04. The van der Waals surface area contributed by atoms with Crippen molar-refractivity contribution >= 4 is 11.6 Å². The second-order valence-electron chi connectivity index (χ2n) is 5.45. The van der Waals surface area contributed by atoms with E-state index in [2.05, 4.69) is 11.9 Å². The van der Waals surface area contributed by atoms with Gasteiger partial charge in [-0.05, 0) is 44.2 Å². The third kappa shape index (κ3) is 3.42. The first-order valence-corrected chi connectivity index (χ1v) is 6.93. The van der Waals surface area contributed by atoms with Crippen LogP contribution in [0, 0.1) is 13.8 Å². The molecule has 0 unspecified atom stereocenters. The van der Waals surface area contributed by atoms with Crippen LogP contribution in [0.15, 0.2) is 12.1 Å². The van der Waals surface area contributed by atoms with Gasteiger partial charge < -0.3 is 20.3 Å². The Morgan fingerprint density at radius 2 is 1.85 bits per heavy atom. The Morgan fingerprint density at radius 3 is 2.50 bits per heavy atom. The van der Waals surface area contributed by atoms with Gasteiger partial charge in [-0.25, -0.2) is 0 Å². The number of hydrogen-bond acceptors (Lipinski definition) is 4. The Morgan fingerprint density at radius 1 is 1.20 bits per heavy atom. The SMILES string of the molecule is Cc1cc(OCC(=O)N2CCN(C)CC2)c(C)cc1N. The smallest absolute Gasteiger partial charge is 0.260 e. The minimum atomic E-state index is 0.0481. The Hall–Kier alpha value is -1.75. The van der Waals surface area contributed by atoms with Crippen molar-refractivity contribution in [3.63, 3.8) is 0 Å². The van der Waals surface area contributed by atoms with Crippen LogP contribution >= 0.6 is 0 Å². The highest BCUT2D eigenvalue weighted by molar-refractivity contribution is 5.78. The van der Waals surface area contributed by atoms with Crippen molar-refractivity contribution in [3.8, 4) is 5.75 Å². The quantitative estimate of drug-likeness (QED) is 0.839. The van der Waals surface area contributed by atoms with Gasteiger partial charge in [0.15, 0.2) is 6.61 Å². The lowest BCUT2D eigenvalue weighted by atomic mass is 10.1. The average molecular weight is 277 g/mol. The number of amides is 1. The molecule has 5 heteroatoms. The highest BCUT2D eigenvalue weighted by Crippen LogP contribution is 2.24. The highest BCUT2D eigenvalue weighted by Gasteiger charge is 2.19. The van der Waals surface area contributed by atoms with E-state index in [1.54, 1.807) is 0 Å². The Bertz CT molecular complexity index is 494. The first kappa shape index (κ1) is 14.7. The summed E-state index contributed by atoms with van der Waals surface area (Å²) < 4.78 is 5.65. The van der Waals surface area contributed by atoms with E-state index in [0.29, 0.717) is 0 Å². The molecule has 1 amide bonds. The van der Waals surface area contributed by atoms with E-state index in [1.807, 2.05) is 30.9 Å². The van der Waals surface area contributed by atoms with Crippen molar-refractivity contribution in [2.75, 3.05) is 45.6 Å². The summed E-state index contributed by atoms with van der Waals surface area (Å²) in [7, 11) is 2.07. The summed E-state index contributed by atoms with van der Waals surface area (Å²) in [5, 5.41) is 0. The van der Waals surface area contributed by atoms with Gasteiger partial charge in [0.25, 0.3) is 5.91 Å². The minimum Gasteiger partial charge on any atom is -0.483 e. The maximum Gasteiger partial charge on any atom is 0.260 e. The maximum absolute atomic E-state index is 12.1. The number of benzene rings is 1. The summed E-state index contributed by atoms with van der Waals surface area (Å²) in [5.41, 5.74) is 8.52. The summed E-state index contributed by atoms with van der Waals surface area (Å²) in [6.45, 7) is 7.36. The van der Waals surface area contributed by atoms with E-state index in [4.69, 9.17) is 10.5 Å². The minimum absolute atomic E-state index is 0.0481. The molecule has 0 spiro atoms. The van der Waals surface area contributed by atoms with Gasteiger partial charge in [0, 0.05) is 31.9 Å². The molecule has 1 fully saturated rings. The summed E-state index contributed by atoms with van der Waals surface area (Å²) >= 11 is 0. The number of nitrogen functional groups attached to an aromatic ring is 1. The number of anilines is 1. The normalized spacial score (nSPS) is 16.2. The molecule has 1 aliphatic heterocycles. The molecule has 2 N–H and O–H groups in total. The lowest BCUT2D eigenvalue weighted by molar-refractivity contribution is -0.134. The molecule has 1 saturated heterocycles.